The van der Waals surface area contributed by atoms with E-state index in [9.17, 15) is 4.79 Å². The second-order valence-corrected chi connectivity index (χ2v) is 5.78. The number of hydrogen-bond acceptors (Lipinski definition) is 3. The first-order chi connectivity index (χ1) is 11.7. The molecular formula is C19H22N4O. The van der Waals surface area contributed by atoms with Crippen molar-refractivity contribution in [3.8, 4) is 0 Å². The molecule has 0 aliphatic heterocycles. The Kier molecular flexibility index (Phi) is 4.91. The largest absolute Gasteiger partial charge is 0.322 e. The van der Waals surface area contributed by atoms with Crippen molar-refractivity contribution in [2.45, 2.75) is 20.4 Å². The average molecular weight is 322 g/mol. The number of rotatable bonds is 6. The van der Waals surface area contributed by atoms with E-state index in [-0.39, 0.29) is 5.91 Å². The van der Waals surface area contributed by atoms with E-state index in [0.717, 1.165) is 36.2 Å². The Labute approximate surface area is 141 Å². The van der Waals surface area contributed by atoms with Crippen LogP contribution in [-0.2, 0) is 6.54 Å². The molecule has 0 saturated carbocycles. The number of aromatic nitrogens is 2. The zero-order valence-electron chi connectivity index (χ0n) is 14.0. The highest BCUT2D eigenvalue weighted by molar-refractivity contribution is 6.05. The van der Waals surface area contributed by atoms with E-state index in [4.69, 9.17) is 0 Å². The summed E-state index contributed by atoms with van der Waals surface area (Å²) in [5.41, 5.74) is 3.53. The number of H-pyrrole nitrogens is 1. The summed E-state index contributed by atoms with van der Waals surface area (Å²) < 4.78 is 0. The fourth-order valence-electron chi connectivity index (χ4n) is 2.69. The maximum Gasteiger partial charge on any atom is 0.255 e. The van der Waals surface area contributed by atoms with Gasteiger partial charge in [0.2, 0.25) is 0 Å². The van der Waals surface area contributed by atoms with Gasteiger partial charge in [0.25, 0.3) is 5.91 Å². The molecular weight excluding hydrogens is 300 g/mol. The van der Waals surface area contributed by atoms with Gasteiger partial charge in [0, 0.05) is 23.2 Å². The molecule has 0 spiro atoms. The number of nitrogens with zero attached hydrogens (tertiary/aromatic N) is 2. The molecule has 3 rings (SSSR count). The third-order valence-electron chi connectivity index (χ3n) is 4.22. The zero-order chi connectivity index (χ0) is 16.9. The number of amides is 1. The second-order valence-electron chi connectivity index (χ2n) is 5.78. The lowest BCUT2D eigenvalue weighted by Gasteiger charge is -2.18. The summed E-state index contributed by atoms with van der Waals surface area (Å²) >= 11 is 0. The van der Waals surface area contributed by atoms with Gasteiger partial charge >= 0.3 is 0 Å². The molecule has 124 valence electrons. The van der Waals surface area contributed by atoms with Gasteiger partial charge in [-0.25, -0.2) is 0 Å². The highest BCUT2D eigenvalue weighted by Gasteiger charge is 2.08. The lowest BCUT2D eigenvalue weighted by molar-refractivity contribution is 0.102. The van der Waals surface area contributed by atoms with Gasteiger partial charge in [-0.15, -0.1) is 0 Å². The molecule has 0 unspecified atom stereocenters. The quantitative estimate of drug-likeness (QED) is 0.728. The molecule has 0 atom stereocenters. The molecule has 1 aromatic heterocycles. The Balaban J connectivity index is 1.68. The Morgan fingerprint density at radius 1 is 1.12 bits per heavy atom. The Bertz CT molecular complexity index is 819. The number of nitrogens with one attached hydrogen (secondary N) is 2. The third kappa shape index (κ3) is 3.63. The van der Waals surface area contributed by atoms with Gasteiger partial charge in [-0.1, -0.05) is 26.0 Å². The molecule has 0 radical (unpaired) electrons. The topological polar surface area (TPSA) is 61.0 Å². The van der Waals surface area contributed by atoms with Crippen molar-refractivity contribution in [1.29, 1.82) is 0 Å². The van der Waals surface area contributed by atoms with Gasteiger partial charge in [0.05, 0.1) is 11.7 Å². The molecule has 1 heterocycles. The van der Waals surface area contributed by atoms with Crippen LogP contribution in [-0.4, -0.2) is 34.1 Å². The molecule has 5 nitrogen and oxygen atoms in total. The molecule has 0 aliphatic rings. The van der Waals surface area contributed by atoms with Gasteiger partial charge in [-0.2, -0.15) is 5.10 Å². The minimum atomic E-state index is -0.108. The van der Waals surface area contributed by atoms with Crippen molar-refractivity contribution in [2.24, 2.45) is 0 Å². The average Bonchev–Trinajstić information content (AvgIpc) is 3.08. The number of benzene rings is 2. The summed E-state index contributed by atoms with van der Waals surface area (Å²) in [7, 11) is 0. The van der Waals surface area contributed by atoms with E-state index in [2.05, 4.69) is 34.3 Å². The number of fused-ring (bicyclic) bond motifs is 1. The zero-order valence-corrected chi connectivity index (χ0v) is 14.0. The highest BCUT2D eigenvalue weighted by atomic mass is 16.1. The van der Waals surface area contributed by atoms with Crippen molar-refractivity contribution >= 4 is 22.5 Å². The molecule has 2 N–H and O–H groups in total. The molecule has 2 aromatic carbocycles. The number of anilines is 1. The van der Waals surface area contributed by atoms with Crippen LogP contribution in [0.4, 0.5) is 5.69 Å². The summed E-state index contributed by atoms with van der Waals surface area (Å²) in [5, 5.41) is 10.8. The van der Waals surface area contributed by atoms with Crippen LogP contribution >= 0.6 is 0 Å². The number of hydrogen-bond donors (Lipinski definition) is 2. The summed E-state index contributed by atoms with van der Waals surface area (Å²) in [4.78, 5) is 14.7. The first-order valence-corrected chi connectivity index (χ1v) is 8.25. The van der Waals surface area contributed by atoms with Crippen LogP contribution in [0.1, 0.15) is 29.8 Å². The smallest absolute Gasteiger partial charge is 0.255 e. The van der Waals surface area contributed by atoms with Crippen LogP contribution in [0.5, 0.6) is 0 Å². The minimum Gasteiger partial charge on any atom is -0.322 e. The van der Waals surface area contributed by atoms with E-state index in [1.807, 2.05) is 42.5 Å². The molecule has 0 aliphatic carbocycles. The molecule has 24 heavy (non-hydrogen) atoms. The minimum absolute atomic E-state index is 0.108. The maximum atomic E-state index is 12.4. The Hall–Kier alpha value is -2.66. The van der Waals surface area contributed by atoms with Crippen molar-refractivity contribution in [3.63, 3.8) is 0 Å². The van der Waals surface area contributed by atoms with Crippen LogP contribution in [0.2, 0.25) is 0 Å². The van der Waals surface area contributed by atoms with Crippen LogP contribution < -0.4 is 5.32 Å². The summed E-state index contributed by atoms with van der Waals surface area (Å²) in [6, 6.07) is 13.5. The molecule has 0 fully saturated rings. The second kappa shape index (κ2) is 7.27. The van der Waals surface area contributed by atoms with Crippen molar-refractivity contribution in [3.05, 3.63) is 59.8 Å². The predicted octanol–water partition coefficient (Wildman–Crippen LogP) is 3.66. The molecule has 0 saturated heterocycles. The monoisotopic (exact) mass is 322 g/mol. The van der Waals surface area contributed by atoms with E-state index in [0.29, 0.717) is 5.56 Å². The van der Waals surface area contributed by atoms with Crippen molar-refractivity contribution in [1.82, 2.24) is 15.1 Å². The lowest BCUT2D eigenvalue weighted by atomic mass is 10.1. The van der Waals surface area contributed by atoms with E-state index in [1.54, 1.807) is 6.20 Å². The summed E-state index contributed by atoms with van der Waals surface area (Å²) in [6.07, 6.45) is 1.76. The number of carbonyl (C=O) groups excluding carboxylic acids is 1. The van der Waals surface area contributed by atoms with E-state index < -0.39 is 0 Å². The van der Waals surface area contributed by atoms with Gasteiger partial charge in [-0.05, 0) is 49.0 Å². The van der Waals surface area contributed by atoms with E-state index in [1.165, 1.54) is 5.56 Å². The van der Waals surface area contributed by atoms with Crippen molar-refractivity contribution in [2.75, 3.05) is 18.4 Å². The van der Waals surface area contributed by atoms with Gasteiger partial charge in [0.15, 0.2) is 0 Å². The van der Waals surface area contributed by atoms with E-state index >= 15 is 0 Å². The maximum absolute atomic E-state index is 12.4. The first-order valence-electron chi connectivity index (χ1n) is 8.25. The standard InChI is InChI=1S/C19H22N4O/c1-3-23(4-2)13-14-5-7-15(8-6-14)19(24)21-17-10-9-16-12-20-22-18(16)11-17/h5-12H,3-4,13H2,1-2H3,(H,20,22)(H,21,24). The summed E-state index contributed by atoms with van der Waals surface area (Å²) in [5.74, 6) is -0.108. The Morgan fingerprint density at radius 2 is 1.88 bits per heavy atom. The fraction of sp³-hybridized carbons (Fsp3) is 0.263. The number of aromatic amines is 1. The summed E-state index contributed by atoms with van der Waals surface area (Å²) in [6.45, 7) is 7.26. The molecule has 5 heteroatoms. The van der Waals surface area contributed by atoms with Crippen LogP contribution in [0, 0.1) is 0 Å². The molecule has 0 bridgehead atoms. The van der Waals surface area contributed by atoms with Gasteiger partial charge < -0.3 is 5.32 Å². The van der Waals surface area contributed by atoms with Gasteiger partial charge in [-0.3, -0.25) is 14.8 Å². The number of carbonyl (C=O) groups is 1. The fourth-order valence-corrected chi connectivity index (χ4v) is 2.69. The van der Waals surface area contributed by atoms with Gasteiger partial charge in [0.1, 0.15) is 0 Å². The Morgan fingerprint density at radius 3 is 2.58 bits per heavy atom. The first kappa shape index (κ1) is 16.2. The predicted molar refractivity (Wildman–Crippen MR) is 97.1 cm³/mol. The molecule has 1 amide bonds. The lowest BCUT2D eigenvalue weighted by Crippen LogP contribution is -2.22. The third-order valence-corrected chi connectivity index (χ3v) is 4.22. The van der Waals surface area contributed by atoms with Crippen LogP contribution in [0.15, 0.2) is 48.7 Å². The highest BCUT2D eigenvalue weighted by Crippen LogP contribution is 2.17. The SMILES string of the molecule is CCN(CC)Cc1ccc(C(=O)Nc2ccc3cn[nH]c3c2)cc1. The van der Waals surface area contributed by atoms with Crippen molar-refractivity contribution < 1.29 is 4.79 Å². The molecule has 3 aromatic rings. The van der Waals surface area contributed by atoms with Crippen LogP contribution in [0.25, 0.3) is 10.9 Å². The van der Waals surface area contributed by atoms with Crippen LogP contribution in [0.3, 0.4) is 0 Å². The normalized spacial score (nSPS) is 11.1.